The molecule has 1 aromatic heterocycles. The fraction of sp³-hybridized carbons (Fsp3) is 0.0952. The van der Waals surface area contributed by atoms with E-state index in [1.54, 1.807) is 21.7 Å². The summed E-state index contributed by atoms with van der Waals surface area (Å²) in [6.07, 6.45) is 0. The van der Waals surface area contributed by atoms with E-state index in [1.807, 2.05) is 54.6 Å². The first kappa shape index (κ1) is 18.3. The van der Waals surface area contributed by atoms with E-state index < -0.39 is 4.92 Å². The Morgan fingerprint density at radius 1 is 0.966 bits per heavy atom. The van der Waals surface area contributed by atoms with Crippen molar-refractivity contribution in [1.29, 1.82) is 0 Å². The van der Waals surface area contributed by atoms with Gasteiger partial charge in [0.15, 0.2) is 0 Å². The van der Waals surface area contributed by atoms with Crippen LogP contribution in [0.5, 0.6) is 0 Å². The molecule has 0 N–H and O–H groups in total. The molecule has 0 aliphatic rings. The lowest BCUT2D eigenvalue weighted by atomic mass is 10.1. The number of anilines is 1. The summed E-state index contributed by atoms with van der Waals surface area (Å²) in [5, 5.41) is 19.1. The van der Waals surface area contributed by atoms with Gasteiger partial charge >= 0.3 is 0 Å². The third kappa shape index (κ3) is 3.96. The largest absolute Gasteiger partial charge is 0.306 e. The molecule has 1 heterocycles. The first-order valence-corrected chi connectivity index (χ1v) is 8.99. The molecular weight excluding hydrogens is 370 g/mol. The minimum absolute atomic E-state index is 0.0143. The molecule has 4 aromatic rings. The van der Waals surface area contributed by atoms with E-state index in [0.29, 0.717) is 0 Å². The van der Waals surface area contributed by atoms with Crippen LogP contribution >= 0.6 is 0 Å². The molecule has 0 spiro atoms. The Bertz CT molecular complexity index is 1160. The van der Waals surface area contributed by atoms with Crippen molar-refractivity contribution in [2.75, 3.05) is 4.90 Å². The Labute approximate surface area is 166 Å². The number of hydrogen-bond acceptors (Lipinski definition) is 5. The standard InChI is InChI=1S/C21H17N5O3/c27-21(15-25-20-9-5-4-8-19(20)22-23-25)24(17-6-2-1-3-7-17)14-16-10-12-18(13-11-16)26(28)29/h1-13H,14-15H2. The van der Waals surface area contributed by atoms with Crippen molar-refractivity contribution in [3.63, 3.8) is 0 Å². The van der Waals surface area contributed by atoms with E-state index in [0.717, 1.165) is 22.3 Å². The van der Waals surface area contributed by atoms with Gasteiger partial charge in [-0.2, -0.15) is 0 Å². The molecule has 4 rings (SSSR count). The lowest BCUT2D eigenvalue weighted by Gasteiger charge is -2.23. The van der Waals surface area contributed by atoms with E-state index >= 15 is 0 Å². The van der Waals surface area contributed by atoms with Crippen molar-refractivity contribution in [3.8, 4) is 0 Å². The number of nitro groups is 1. The average Bonchev–Trinajstić information content (AvgIpc) is 3.16. The number of benzene rings is 3. The number of nitrogens with zero attached hydrogens (tertiary/aromatic N) is 5. The lowest BCUT2D eigenvalue weighted by molar-refractivity contribution is -0.384. The highest BCUT2D eigenvalue weighted by Gasteiger charge is 2.19. The predicted octanol–water partition coefficient (Wildman–Crippen LogP) is 3.57. The minimum atomic E-state index is -0.445. The fourth-order valence-electron chi connectivity index (χ4n) is 3.08. The highest BCUT2D eigenvalue weighted by molar-refractivity contribution is 5.93. The molecule has 8 nitrogen and oxygen atoms in total. The van der Waals surface area contributed by atoms with E-state index in [2.05, 4.69) is 10.3 Å². The van der Waals surface area contributed by atoms with Gasteiger partial charge in [0.05, 0.1) is 17.0 Å². The third-order valence-corrected chi connectivity index (χ3v) is 4.56. The van der Waals surface area contributed by atoms with Gasteiger partial charge in [0.25, 0.3) is 5.69 Å². The Hall–Kier alpha value is -4.07. The molecule has 0 atom stereocenters. The van der Waals surface area contributed by atoms with Gasteiger partial charge in [-0.3, -0.25) is 14.9 Å². The molecule has 0 aliphatic carbocycles. The monoisotopic (exact) mass is 387 g/mol. The van der Waals surface area contributed by atoms with Crippen LogP contribution in [0.15, 0.2) is 78.9 Å². The van der Waals surface area contributed by atoms with Gasteiger partial charge < -0.3 is 4.90 Å². The van der Waals surface area contributed by atoms with Crippen LogP contribution in [0.4, 0.5) is 11.4 Å². The van der Waals surface area contributed by atoms with Crippen molar-refractivity contribution >= 4 is 28.3 Å². The highest BCUT2D eigenvalue weighted by Crippen LogP contribution is 2.20. The summed E-state index contributed by atoms with van der Waals surface area (Å²) in [6.45, 7) is 0.315. The number of nitro benzene ring substituents is 1. The zero-order valence-electron chi connectivity index (χ0n) is 15.4. The summed E-state index contributed by atoms with van der Waals surface area (Å²) in [4.78, 5) is 25.2. The Morgan fingerprint density at radius 2 is 1.66 bits per heavy atom. The molecular formula is C21H17N5O3. The zero-order valence-corrected chi connectivity index (χ0v) is 15.4. The second-order valence-corrected chi connectivity index (χ2v) is 6.47. The van der Waals surface area contributed by atoms with Crippen LogP contribution in [0.1, 0.15) is 5.56 Å². The van der Waals surface area contributed by atoms with Crippen molar-refractivity contribution in [1.82, 2.24) is 15.0 Å². The quantitative estimate of drug-likeness (QED) is 0.372. The zero-order chi connectivity index (χ0) is 20.2. The number of aromatic nitrogens is 3. The van der Waals surface area contributed by atoms with Gasteiger partial charge in [0.2, 0.25) is 5.91 Å². The Morgan fingerprint density at radius 3 is 2.38 bits per heavy atom. The maximum Gasteiger partial charge on any atom is 0.269 e. The first-order chi connectivity index (χ1) is 14.1. The number of amides is 1. The van der Waals surface area contributed by atoms with Crippen molar-refractivity contribution < 1.29 is 9.72 Å². The van der Waals surface area contributed by atoms with Crippen LogP contribution in [0, 0.1) is 10.1 Å². The number of rotatable bonds is 6. The van der Waals surface area contributed by atoms with E-state index in [4.69, 9.17) is 0 Å². The summed E-state index contributed by atoms with van der Waals surface area (Å²) in [7, 11) is 0. The van der Waals surface area contributed by atoms with Crippen molar-refractivity contribution in [3.05, 3.63) is 94.5 Å². The predicted molar refractivity (Wildman–Crippen MR) is 108 cm³/mol. The van der Waals surface area contributed by atoms with Gasteiger partial charge in [0, 0.05) is 17.8 Å². The molecule has 29 heavy (non-hydrogen) atoms. The van der Waals surface area contributed by atoms with E-state index in [9.17, 15) is 14.9 Å². The SMILES string of the molecule is O=C(Cn1nnc2ccccc21)N(Cc1ccc([N+](=O)[O-])cc1)c1ccccc1. The summed E-state index contributed by atoms with van der Waals surface area (Å²) in [5.74, 6) is -0.162. The summed E-state index contributed by atoms with van der Waals surface area (Å²) in [6, 6.07) is 22.9. The Balaban J connectivity index is 1.61. The number of non-ortho nitro benzene ring substituents is 1. The van der Waals surface area contributed by atoms with Crippen LogP contribution < -0.4 is 4.90 Å². The lowest BCUT2D eigenvalue weighted by Crippen LogP contribution is -2.33. The molecule has 144 valence electrons. The normalized spacial score (nSPS) is 10.8. The van der Waals surface area contributed by atoms with Crippen LogP contribution in [-0.4, -0.2) is 25.8 Å². The summed E-state index contributed by atoms with van der Waals surface area (Å²) >= 11 is 0. The topological polar surface area (TPSA) is 94.2 Å². The second kappa shape index (κ2) is 7.89. The molecule has 0 fully saturated rings. The molecule has 0 aliphatic heterocycles. The summed E-state index contributed by atoms with van der Waals surface area (Å²) < 4.78 is 1.57. The smallest absolute Gasteiger partial charge is 0.269 e. The van der Waals surface area contributed by atoms with Crippen molar-refractivity contribution in [2.24, 2.45) is 0 Å². The number of hydrogen-bond donors (Lipinski definition) is 0. The number of carbonyl (C=O) groups is 1. The number of carbonyl (C=O) groups excluding carboxylic acids is 1. The number of para-hydroxylation sites is 2. The molecule has 0 saturated carbocycles. The van der Waals surface area contributed by atoms with E-state index in [1.165, 1.54) is 12.1 Å². The third-order valence-electron chi connectivity index (χ3n) is 4.56. The van der Waals surface area contributed by atoms with Gasteiger partial charge in [-0.15, -0.1) is 5.10 Å². The van der Waals surface area contributed by atoms with Crippen LogP contribution in [-0.2, 0) is 17.9 Å². The molecule has 0 radical (unpaired) electrons. The van der Waals surface area contributed by atoms with Crippen molar-refractivity contribution in [2.45, 2.75) is 13.1 Å². The fourth-order valence-corrected chi connectivity index (χ4v) is 3.08. The minimum Gasteiger partial charge on any atom is -0.306 e. The molecule has 0 unspecified atom stereocenters. The van der Waals surface area contributed by atoms with Crippen LogP contribution in [0.3, 0.4) is 0 Å². The summed E-state index contributed by atoms with van der Waals surface area (Å²) in [5.41, 5.74) is 3.04. The average molecular weight is 387 g/mol. The highest BCUT2D eigenvalue weighted by atomic mass is 16.6. The van der Waals surface area contributed by atoms with Gasteiger partial charge in [-0.1, -0.05) is 47.7 Å². The van der Waals surface area contributed by atoms with E-state index in [-0.39, 0.29) is 24.7 Å². The molecule has 0 saturated heterocycles. The maximum atomic E-state index is 13.2. The van der Waals surface area contributed by atoms with Crippen LogP contribution in [0.2, 0.25) is 0 Å². The molecule has 3 aromatic carbocycles. The second-order valence-electron chi connectivity index (χ2n) is 6.47. The van der Waals surface area contributed by atoms with Gasteiger partial charge in [0.1, 0.15) is 12.1 Å². The van der Waals surface area contributed by atoms with Gasteiger partial charge in [-0.25, -0.2) is 4.68 Å². The first-order valence-electron chi connectivity index (χ1n) is 8.99. The maximum absolute atomic E-state index is 13.2. The van der Waals surface area contributed by atoms with Crippen LogP contribution in [0.25, 0.3) is 11.0 Å². The number of fused-ring (bicyclic) bond motifs is 1. The molecule has 0 bridgehead atoms. The molecule has 8 heteroatoms. The van der Waals surface area contributed by atoms with Gasteiger partial charge in [-0.05, 0) is 29.8 Å². The Kier molecular flexibility index (Phi) is 4.98. The molecule has 1 amide bonds.